The van der Waals surface area contributed by atoms with Gasteiger partial charge in [-0.3, -0.25) is 4.98 Å². The molecule has 1 aromatic carbocycles. The van der Waals surface area contributed by atoms with Crippen LogP contribution in [0.1, 0.15) is 5.69 Å². The molecule has 4 N–H and O–H groups in total. The third-order valence-electron chi connectivity index (χ3n) is 2.59. The van der Waals surface area contributed by atoms with Crippen LogP contribution in [0.5, 0.6) is 0 Å². The Morgan fingerprint density at radius 3 is 3.06 bits per heavy atom. The van der Waals surface area contributed by atoms with Crippen LogP contribution in [0.3, 0.4) is 0 Å². The molecule has 0 amide bonds. The molecule has 92 valence electrons. The Morgan fingerprint density at radius 2 is 2.33 bits per heavy atom. The highest BCUT2D eigenvalue weighted by atomic mass is 32.1. The minimum absolute atomic E-state index is 0.457. The number of rotatable bonds is 2. The molecule has 6 nitrogen and oxygen atoms in total. The first-order chi connectivity index (χ1) is 8.67. The van der Waals surface area contributed by atoms with E-state index in [-0.39, 0.29) is 0 Å². The Hall–Kier alpha value is -2.12. The predicted molar refractivity (Wildman–Crippen MR) is 70.5 cm³/mol. The number of nitrogens with one attached hydrogen (secondary N) is 2. The van der Waals surface area contributed by atoms with E-state index in [2.05, 4.69) is 15.4 Å². The molecule has 0 saturated carbocycles. The molecule has 0 saturated heterocycles. The molecule has 0 atom stereocenters. The second kappa shape index (κ2) is 3.97. The summed E-state index contributed by atoms with van der Waals surface area (Å²) in [5.74, 6) is 4.94. The van der Waals surface area contributed by atoms with E-state index in [9.17, 15) is 4.79 Å². The van der Waals surface area contributed by atoms with Gasteiger partial charge in [0.1, 0.15) is 10.0 Å². The lowest BCUT2D eigenvalue weighted by molar-refractivity contribution is 0.555. The molecule has 0 aliphatic carbocycles. The van der Waals surface area contributed by atoms with E-state index in [0.29, 0.717) is 11.1 Å². The Balaban J connectivity index is 2.15. The molecule has 3 aromatic rings. The molecule has 0 unspecified atom stereocenters. The average molecular weight is 262 g/mol. The van der Waals surface area contributed by atoms with E-state index in [0.717, 1.165) is 21.3 Å². The molecule has 0 spiro atoms. The fourth-order valence-electron chi connectivity index (χ4n) is 1.74. The third-order valence-corrected chi connectivity index (χ3v) is 3.73. The second-order valence-corrected chi connectivity index (χ2v) is 4.80. The van der Waals surface area contributed by atoms with Crippen LogP contribution in [-0.2, 0) is 0 Å². The topological polar surface area (TPSA) is 96.9 Å². The molecule has 0 bridgehead atoms. The van der Waals surface area contributed by atoms with Gasteiger partial charge in [-0.2, -0.15) is 0 Å². The van der Waals surface area contributed by atoms with Crippen LogP contribution >= 0.6 is 11.3 Å². The zero-order valence-electron chi connectivity index (χ0n) is 9.48. The monoisotopic (exact) mass is 262 g/mol. The molecule has 7 heteroatoms. The number of nitrogen functional groups attached to an aromatic ring is 1. The molecule has 18 heavy (non-hydrogen) atoms. The van der Waals surface area contributed by atoms with Crippen molar-refractivity contribution in [3.8, 4) is 10.6 Å². The number of nitrogens with zero attached hydrogens (tertiary/aromatic N) is 1. The van der Waals surface area contributed by atoms with Crippen molar-refractivity contribution in [2.45, 2.75) is 6.92 Å². The number of anilines is 1. The lowest BCUT2D eigenvalue weighted by atomic mass is 10.2. The van der Waals surface area contributed by atoms with Crippen LogP contribution in [-0.4, -0.2) is 9.97 Å². The van der Waals surface area contributed by atoms with Gasteiger partial charge in [-0.05, 0) is 25.1 Å². The first-order valence-corrected chi connectivity index (χ1v) is 6.06. The standard InChI is InChI=1S/C11H10N4O2S/c1-5-9(15-12)18-10(13-5)6-2-3-8-7(4-6)14-11(16)17-8/h2-4,15H,12H2,1H3,(H,14,16). The van der Waals surface area contributed by atoms with Crippen LogP contribution in [0.2, 0.25) is 0 Å². The van der Waals surface area contributed by atoms with E-state index in [1.807, 2.05) is 19.1 Å². The quantitative estimate of drug-likeness (QED) is 0.483. The van der Waals surface area contributed by atoms with Crippen molar-refractivity contribution in [1.82, 2.24) is 9.97 Å². The molecule has 0 radical (unpaired) electrons. The summed E-state index contributed by atoms with van der Waals surface area (Å²) in [4.78, 5) is 18.1. The van der Waals surface area contributed by atoms with Crippen molar-refractivity contribution < 1.29 is 4.42 Å². The van der Waals surface area contributed by atoms with Crippen LogP contribution in [0.4, 0.5) is 5.00 Å². The van der Waals surface area contributed by atoms with E-state index in [4.69, 9.17) is 10.3 Å². The van der Waals surface area contributed by atoms with Gasteiger partial charge in [0.05, 0.1) is 11.2 Å². The molecule has 0 aliphatic heterocycles. The first-order valence-electron chi connectivity index (χ1n) is 5.24. The molecule has 2 heterocycles. The highest BCUT2D eigenvalue weighted by molar-refractivity contribution is 7.19. The van der Waals surface area contributed by atoms with E-state index < -0.39 is 5.76 Å². The van der Waals surface area contributed by atoms with Crippen LogP contribution < -0.4 is 17.0 Å². The SMILES string of the molecule is Cc1nc(-c2ccc3oc(=O)[nH]c3c2)sc1NN. The number of benzene rings is 1. The maximum atomic E-state index is 11.1. The predicted octanol–water partition coefficient (Wildman–Crippen LogP) is 1.84. The summed E-state index contributed by atoms with van der Waals surface area (Å²) in [6.07, 6.45) is 0. The number of hydrogen-bond donors (Lipinski definition) is 3. The third kappa shape index (κ3) is 1.69. The van der Waals surface area contributed by atoms with Gasteiger partial charge in [0.15, 0.2) is 5.58 Å². The molecular weight excluding hydrogens is 252 g/mol. The van der Waals surface area contributed by atoms with Gasteiger partial charge >= 0.3 is 5.76 Å². The largest absolute Gasteiger partial charge is 0.417 e. The normalized spacial score (nSPS) is 11.0. The zero-order chi connectivity index (χ0) is 12.7. The number of hydrazine groups is 1. The Labute approximate surface area is 105 Å². The van der Waals surface area contributed by atoms with Crippen molar-refractivity contribution in [1.29, 1.82) is 0 Å². The van der Waals surface area contributed by atoms with Gasteiger partial charge < -0.3 is 9.84 Å². The molecule has 0 fully saturated rings. The van der Waals surface area contributed by atoms with Crippen LogP contribution in [0.25, 0.3) is 21.7 Å². The van der Waals surface area contributed by atoms with Crippen molar-refractivity contribution in [3.05, 3.63) is 34.4 Å². The van der Waals surface area contributed by atoms with Gasteiger partial charge in [0.2, 0.25) is 0 Å². The van der Waals surface area contributed by atoms with E-state index in [1.165, 1.54) is 11.3 Å². The van der Waals surface area contributed by atoms with Gasteiger partial charge in [-0.1, -0.05) is 11.3 Å². The maximum absolute atomic E-state index is 11.1. The maximum Gasteiger partial charge on any atom is 0.417 e. The van der Waals surface area contributed by atoms with Gasteiger partial charge in [0, 0.05) is 5.56 Å². The summed E-state index contributed by atoms with van der Waals surface area (Å²) in [6, 6.07) is 5.44. The summed E-state index contributed by atoms with van der Waals surface area (Å²) in [6.45, 7) is 1.88. The van der Waals surface area contributed by atoms with Gasteiger partial charge in [0.25, 0.3) is 0 Å². The average Bonchev–Trinajstić information content (AvgIpc) is 2.89. The second-order valence-electron chi connectivity index (χ2n) is 3.80. The minimum atomic E-state index is -0.457. The van der Waals surface area contributed by atoms with Crippen LogP contribution in [0.15, 0.2) is 27.4 Å². The number of aromatic amines is 1. The number of hydrogen-bond acceptors (Lipinski definition) is 6. The fraction of sp³-hybridized carbons (Fsp3) is 0.0909. The minimum Gasteiger partial charge on any atom is -0.408 e. The van der Waals surface area contributed by atoms with Crippen molar-refractivity contribution in [2.24, 2.45) is 5.84 Å². The van der Waals surface area contributed by atoms with E-state index in [1.54, 1.807) is 6.07 Å². The molecule has 2 aromatic heterocycles. The number of nitrogens with two attached hydrogens (primary N) is 1. The lowest BCUT2D eigenvalue weighted by Crippen LogP contribution is -2.05. The summed E-state index contributed by atoms with van der Waals surface area (Å²) in [7, 11) is 0. The molecule has 3 rings (SSSR count). The van der Waals surface area contributed by atoms with Crippen molar-refractivity contribution >= 4 is 27.4 Å². The smallest absolute Gasteiger partial charge is 0.408 e. The number of aromatic nitrogens is 2. The number of oxazole rings is 1. The van der Waals surface area contributed by atoms with Gasteiger partial charge in [-0.25, -0.2) is 15.6 Å². The number of fused-ring (bicyclic) bond motifs is 1. The summed E-state index contributed by atoms with van der Waals surface area (Å²) < 4.78 is 4.95. The molecule has 0 aliphatic rings. The van der Waals surface area contributed by atoms with E-state index >= 15 is 0 Å². The van der Waals surface area contributed by atoms with Crippen molar-refractivity contribution in [2.75, 3.05) is 5.43 Å². The Morgan fingerprint density at radius 1 is 1.50 bits per heavy atom. The zero-order valence-corrected chi connectivity index (χ0v) is 10.3. The van der Waals surface area contributed by atoms with Crippen molar-refractivity contribution in [3.63, 3.8) is 0 Å². The number of thiazole rings is 1. The number of aryl methyl sites for hydroxylation is 1. The summed E-state index contributed by atoms with van der Waals surface area (Å²) in [5, 5.41) is 1.66. The van der Waals surface area contributed by atoms with Crippen LogP contribution in [0, 0.1) is 6.92 Å². The highest BCUT2D eigenvalue weighted by Crippen LogP contribution is 2.32. The van der Waals surface area contributed by atoms with Gasteiger partial charge in [-0.15, -0.1) is 0 Å². The fourth-order valence-corrected chi connectivity index (χ4v) is 2.61. The first kappa shape index (κ1) is 11.0. The molecular formula is C11H10N4O2S. The summed E-state index contributed by atoms with van der Waals surface area (Å²) >= 11 is 1.46. The highest BCUT2D eigenvalue weighted by Gasteiger charge is 2.10. The number of H-pyrrole nitrogens is 1. The lowest BCUT2D eigenvalue weighted by Gasteiger charge is -1.95. The Bertz CT molecular complexity index is 771. The summed E-state index contributed by atoms with van der Waals surface area (Å²) in [5.41, 5.74) is 5.56. The Kier molecular flexibility index (Phi) is 2.42.